The van der Waals surface area contributed by atoms with Gasteiger partial charge in [-0.15, -0.1) is 0 Å². The van der Waals surface area contributed by atoms with Crippen LogP contribution in [0.2, 0.25) is 5.02 Å². The van der Waals surface area contributed by atoms with Gasteiger partial charge in [0, 0.05) is 23.7 Å². The summed E-state index contributed by atoms with van der Waals surface area (Å²) < 4.78 is 40.4. The van der Waals surface area contributed by atoms with Crippen molar-refractivity contribution < 1.29 is 22.4 Å². The third kappa shape index (κ3) is 6.91. The van der Waals surface area contributed by atoms with Crippen LogP contribution in [0, 0.1) is 12.7 Å². The van der Waals surface area contributed by atoms with E-state index in [2.05, 4.69) is 5.32 Å². The lowest BCUT2D eigenvalue weighted by atomic mass is 10.1. The number of carbonyl (C=O) groups excluding carboxylic acids is 2. The van der Waals surface area contributed by atoms with Gasteiger partial charge in [-0.05, 0) is 44.0 Å². The van der Waals surface area contributed by atoms with Gasteiger partial charge in [-0.2, -0.15) is 0 Å². The molecule has 2 aromatic rings. The molecule has 33 heavy (non-hydrogen) atoms. The minimum atomic E-state index is -3.87. The Kier molecular flexibility index (Phi) is 9.25. The Bertz CT molecular complexity index is 1110. The molecule has 7 nitrogen and oxygen atoms in total. The number of anilines is 1. The molecular formula is C23H29ClFN3O4S. The topological polar surface area (TPSA) is 86.8 Å². The predicted molar refractivity (Wildman–Crippen MR) is 128 cm³/mol. The van der Waals surface area contributed by atoms with Crippen molar-refractivity contribution in [3.8, 4) is 0 Å². The van der Waals surface area contributed by atoms with E-state index in [0.29, 0.717) is 23.6 Å². The molecular weight excluding hydrogens is 469 g/mol. The highest BCUT2D eigenvalue weighted by Crippen LogP contribution is 2.28. The molecule has 0 radical (unpaired) electrons. The number of carbonyl (C=O) groups is 2. The fourth-order valence-corrected chi connectivity index (χ4v) is 4.32. The zero-order chi connectivity index (χ0) is 24.8. The Morgan fingerprint density at radius 3 is 2.42 bits per heavy atom. The van der Waals surface area contributed by atoms with Gasteiger partial charge < -0.3 is 10.2 Å². The van der Waals surface area contributed by atoms with E-state index in [1.54, 1.807) is 31.2 Å². The third-order valence-corrected chi connectivity index (χ3v) is 6.74. The molecule has 0 fully saturated rings. The summed E-state index contributed by atoms with van der Waals surface area (Å²) in [5.41, 5.74) is 0.963. The minimum absolute atomic E-state index is 0.196. The lowest BCUT2D eigenvalue weighted by Crippen LogP contribution is -2.51. The molecule has 1 atom stereocenters. The number of nitrogens with one attached hydrogen (secondary N) is 1. The molecule has 0 spiro atoms. The highest BCUT2D eigenvalue weighted by molar-refractivity contribution is 7.92. The molecule has 0 saturated carbocycles. The Morgan fingerprint density at radius 2 is 1.82 bits per heavy atom. The number of rotatable bonds is 10. The molecule has 0 aliphatic rings. The van der Waals surface area contributed by atoms with Gasteiger partial charge in [-0.1, -0.05) is 42.8 Å². The lowest BCUT2D eigenvalue weighted by Gasteiger charge is -2.32. The molecule has 0 aliphatic heterocycles. The van der Waals surface area contributed by atoms with Gasteiger partial charge in [-0.3, -0.25) is 13.9 Å². The maximum atomic E-state index is 14.3. The van der Waals surface area contributed by atoms with E-state index in [1.807, 2.05) is 6.92 Å². The van der Waals surface area contributed by atoms with Gasteiger partial charge in [0.2, 0.25) is 21.8 Å². The number of hydrogen-bond donors (Lipinski definition) is 1. The van der Waals surface area contributed by atoms with Crippen molar-refractivity contribution in [3.63, 3.8) is 0 Å². The van der Waals surface area contributed by atoms with Crippen LogP contribution in [0.3, 0.4) is 0 Å². The molecule has 2 aromatic carbocycles. The fourth-order valence-electron chi connectivity index (χ4n) is 3.25. The first-order chi connectivity index (χ1) is 15.5. The third-order valence-electron chi connectivity index (χ3n) is 5.20. The summed E-state index contributed by atoms with van der Waals surface area (Å²) in [6.45, 7) is 4.72. The molecule has 0 aliphatic carbocycles. The summed E-state index contributed by atoms with van der Waals surface area (Å²) in [7, 11) is -3.87. The van der Waals surface area contributed by atoms with E-state index < -0.39 is 40.2 Å². The monoisotopic (exact) mass is 497 g/mol. The van der Waals surface area contributed by atoms with Crippen LogP contribution in [0.25, 0.3) is 0 Å². The highest BCUT2D eigenvalue weighted by atomic mass is 35.5. The van der Waals surface area contributed by atoms with Crippen molar-refractivity contribution in [2.75, 3.05) is 23.7 Å². The van der Waals surface area contributed by atoms with Gasteiger partial charge in [0.1, 0.15) is 18.4 Å². The van der Waals surface area contributed by atoms with Crippen LogP contribution in [-0.2, 0) is 26.2 Å². The van der Waals surface area contributed by atoms with Gasteiger partial charge in [0.05, 0.1) is 11.9 Å². The molecule has 0 heterocycles. The maximum Gasteiger partial charge on any atom is 0.244 e. The van der Waals surface area contributed by atoms with E-state index in [4.69, 9.17) is 11.6 Å². The summed E-state index contributed by atoms with van der Waals surface area (Å²) in [4.78, 5) is 27.2. The van der Waals surface area contributed by atoms with Crippen molar-refractivity contribution in [3.05, 3.63) is 64.4 Å². The van der Waals surface area contributed by atoms with Crippen LogP contribution in [0.4, 0.5) is 10.1 Å². The highest BCUT2D eigenvalue weighted by Gasteiger charge is 2.31. The van der Waals surface area contributed by atoms with E-state index in [0.717, 1.165) is 10.6 Å². The van der Waals surface area contributed by atoms with Gasteiger partial charge in [0.25, 0.3) is 0 Å². The second-order valence-corrected chi connectivity index (χ2v) is 10.0. The predicted octanol–water partition coefficient (Wildman–Crippen LogP) is 3.50. The minimum Gasteiger partial charge on any atom is -0.354 e. The first-order valence-corrected chi connectivity index (χ1v) is 12.7. The van der Waals surface area contributed by atoms with E-state index in [-0.39, 0.29) is 17.8 Å². The van der Waals surface area contributed by atoms with Gasteiger partial charge in [0.15, 0.2) is 0 Å². The first-order valence-electron chi connectivity index (χ1n) is 10.5. The second-order valence-electron chi connectivity index (χ2n) is 7.73. The summed E-state index contributed by atoms with van der Waals surface area (Å²) in [5.74, 6) is -1.59. The van der Waals surface area contributed by atoms with Crippen LogP contribution in [0.1, 0.15) is 31.4 Å². The molecule has 2 amide bonds. The first kappa shape index (κ1) is 26.6. The normalized spacial score (nSPS) is 12.2. The standard InChI is InChI=1S/C23H29ClFN3O4S/c1-5-13-26-23(30)17(3)27(14-18-9-6-7-11-20(18)25)22(29)15-28(33(4,31)32)21-12-8-10-19(24)16(21)2/h6-12,17H,5,13-15H2,1-4H3,(H,26,30). The van der Waals surface area contributed by atoms with Crippen LogP contribution in [-0.4, -0.2) is 50.5 Å². The average Bonchev–Trinajstić information content (AvgIpc) is 2.76. The number of benzene rings is 2. The number of nitrogens with zero attached hydrogens (tertiary/aromatic N) is 2. The van der Waals surface area contributed by atoms with Crippen molar-refractivity contribution in [1.29, 1.82) is 0 Å². The molecule has 0 saturated heterocycles. The molecule has 10 heteroatoms. The van der Waals surface area contributed by atoms with Crippen LogP contribution < -0.4 is 9.62 Å². The lowest BCUT2D eigenvalue weighted by molar-refractivity contribution is -0.139. The Morgan fingerprint density at radius 1 is 1.15 bits per heavy atom. The zero-order valence-corrected chi connectivity index (χ0v) is 20.7. The maximum absolute atomic E-state index is 14.3. The Labute approximate surface area is 199 Å². The van der Waals surface area contributed by atoms with Crippen LogP contribution in [0.5, 0.6) is 0 Å². The van der Waals surface area contributed by atoms with Crippen LogP contribution >= 0.6 is 11.6 Å². The Hall–Kier alpha value is -2.65. The van der Waals surface area contributed by atoms with Crippen molar-refractivity contribution in [2.45, 2.75) is 39.8 Å². The molecule has 1 unspecified atom stereocenters. The summed E-state index contributed by atoms with van der Waals surface area (Å²) in [5, 5.41) is 3.07. The van der Waals surface area contributed by atoms with E-state index >= 15 is 0 Å². The van der Waals surface area contributed by atoms with Crippen molar-refractivity contribution >= 4 is 39.1 Å². The zero-order valence-electron chi connectivity index (χ0n) is 19.1. The molecule has 0 aromatic heterocycles. The molecule has 0 bridgehead atoms. The summed E-state index contributed by atoms with van der Waals surface area (Å²) in [6.07, 6.45) is 1.69. The number of sulfonamides is 1. The second kappa shape index (κ2) is 11.5. The van der Waals surface area contributed by atoms with Crippen molar-refractivity contribution in [2.24, 2.45) is 0 Å². The Balaban J connectivity index is 2.43. The molecule has 180 valence electrons. The van der Waals surface area contributed by atoms with Gasteiger partial charge >= 0.3 is 0 Å². The quantitative estimate of drug-likeness (QED) is 0.544. The van der Waals surface area contributed by atoms with E-state index in [1.165, 1.54) is 30.0 Å². The van der Waals surface area contributed by atoms with Gasteiger partial charge in [-0.25, -0.2) is 12.8 Å². The molecule has 1 N–H and O–H groups in total. The fraction of sp³-hybridized carbons (Fsp3) is 0.391. The van der Waals surface area contributed by atoms with Crippen LogP contribution in [0.15, 0.2) is 42.5 Å². The number of hydrogen-bond acceptors (Lipinski definition) is 4. The average molecular weight is 498 g/mol. The number of amides is 2. The molecule has 2 rings (SSSR count). The number of halogens is 2. The smallest absolute Gasteiger partial charge is 0.244 e. The largest absolute Gasteiger partial charge is 0.354 e. The SMILES string of the molecule is CCCNC(=O)C(C)N(Cc1ccccc1F)C(=O)CN(c1cccc(Cl)c1C)S(C)(=O)=O. The summed E-state index contributed by atoms with van der Waals surface area (Å²) >= 11 is 6.16. The van der Waals surface area contributed by atoms with E-state index in [9.17, 15) is 22.4 Å². The van der Waals surface area contributed by atoms with Crippen molar-refractivity contribution in [1.82, 2.24) is 10.2 Å². The summed E-state index contributed by atoms with van der Waals surface area (Å²) in [6, 6.07) is 9.73.